The van der Waals surface area contributed by atoms with Gasteiger partial charge in [0.25, 0.3) is 0 Å². The second kappa shape index (κ2) is 5.94. The van der Waals surface area contributed by atoms with Crippen molar-refractivity contribution < 1.29 is 0 Å². The predicted molar refractivity (Wildman–Crippen MR) is 86.9 cm³/mol. The Morgan fingerprint density at radius 1 is 1.20 bits per heavy atom. The summed E-state index contributed by atoms with van der Waals surface area (Å²) in [6.07, 6.45) is 5.29. The average molecular weight is 281 g/mol. The molecule has 2 fully saturated rings. The summed E-state index contributed by atoms with van der Waals surface area (Å²) in [4.78, 5) is 5.22. The van der Waals surface area contributed by atoms with E-state index in [0.717, 1.165) is 19.0 Å². The monoisotopic (exact) mass is 281 g/mol. The van der Waals surface area contributed by atoms with Gasteiger partial charge in [-0.3, -0.25) is 4.90 Å². The van der Waals surface area contributed by atoms with Crippen LogP contribution in [-0.2, 0) is 0 Å². The van der Waals surface area contributed by atoms with Gasteiger partial charge in [-0.25, -0.2) is 0 Å². The molecule has 0 spiro atoms. The minimum atomic E-state index is 0.237. The van der Waals surface area contributed by atoms with Gasteiger partial charge in [-0.15, -0.1) is 0 Å². The Kier molecular flexibility index (Phi) is 4.83. The summed E-state index contributed by atoms with van der Waals surface area (Å²) < 4.78 is 0. The molecule has 0 amide bonds. The molecule has 118 valence electrons. The van der Waals surface area contributed by atoms with Crippen molar-refractivity contribution in [3.05, 3.63) is 0 Å². The third-order valence-electron chi connectivity index (χ3n) is 5.98. The molecule has 0 aliphatic carbocycles. The molecule has 3 unspecified atom stereocenters. The van der Waals surface area contributed by atoms with E-state index in [9.17, 15) is 0 Å². The molecule has 0 bridgehead atoms. The summed E-state index contributed by atoms with van der Waals surface area (Å²) in [5.74, 6) is 0.860. The molecule has 2 aliphatic heterocycles. The van der Waals surface area contributed by atoms with E-state index in [1.54, 1.807) is 0 Å². The molecule has 0 saturated carbocycles. The van der Waals surface area contributed by atoms with Crippen molar-refractivity contribution in [1.82, 2.24) is 9.80 Å². The van der Waals surface area contributed by atoms with Crippen molar-refractivity contribution >= 4 is 0 Å². The highest BCUT2D eigenvalue weighted by molar-refractivity contribution is 5.03. The highest BCUT2D eigenvalue weighted by Gasteiger charge is 2.44. The molecule has 2 heterocycles. The maximum absolute atomic E-state index is 6.23. The molecule has 0 aromatic carbocycles. The maximum atomic E-state index is 6.23. The van der Waals surface area contributed by atoms with Crippen molar-refractivity contribution in [2.45, 2.75) is 65.0 Å². The van der Waals surface area contributed by atoms with Gasteiger partial charge in [0.15, 0.2) is 0 Å². The Hall–Kier alpha value is -0.120. The normalized spacial score (nSPS) is 38.1. The van der Waals surface area contributed by atoms with Gasteiger partial charge >= 0.3 is 0 Å². The molecule has 3 atom stereocenters. The second-order valence-electron chi connectivity index (χ2n) is 8.38. The molecule has 2 aliphatic rings. The third kappa shape index (κ3) is 3.20. The molecule has 0 radical (unpaired) electrons. The molecule has 0 aromatic heterocycles. The first-order chi connectivity index (χ1) is 9.28. The zero-order valence-corrected chi connectivity index (χ0v) is 14.3. The van der Waals surface area contributed by atoms with Crippen LogP contribution >= 0.6 is 0 Å². The van der Waals surface area contributed by atoms with E-state index < -0.39 is 0 Å². The van der Waals surface area contributed by atoms with E-state index in [4.69, 9.17) is 5.73 Å². The molecule has 2 N–H and O–H groups in total. The fourth-order valence-electron chi connectivity index (χ4n) is 4.33. The summed E-state index contributed by atoms with van der Waals surface area (Å²) in [5.41, 5.74) is 6.91. The molecule has 0 aromatic rings. The van der Waals surface area contributed by atoms with E-state index in [2.05, 4.69) is 44.5 Å². The first kappa shape index (κ1) is 16.3. The Bertz CT molecular complexity index is 311. The number of rotatable bonds is 2. The number of nitrogens with zero attached hydrogens (tertiary/aromatic N) is 2. The first-order valence-electron chi connectivity index (χ1n) is 8.44. The van der Waals surface area contributed by atoms with Crippen LogP contribution < -0.4 is 5.73 Å². The van der Waals surface area contributed by atoms with Crippen molar-refractivity contribution in [2.75, 3.05) is 33.2 Å². The van der Waals surface area contributed by atoms with Gasteiger partial charge in [0.2, 0.25) is 0 Å². The van der Waals surface area contributed by atoms with Crippen LogP contribution in [-0.4, -0.2) is 54.6 Å². The molecular weight excluding hydrogens is 246 g/mol. The summed E-state index contributed by atoms with van der Waals surface area (Å²) in [6, 6.07) is 0.667. The van der Waals surface area contributed by atoms with Crippen LogP contribution in [0.15, 0.2) is 0 Å². The van der Waals surface area contributed by atoms with E-state index in [0.29, 0.717) is 11.5 Å². The average Bonchev–Trinajstić information content (AvgIpc) is 2.58. The lowest BCUT2D eigenvalue weighted by molar-refractivity contribution is 0.100. The number of hydrogen-bond acceptors (Lipinski definition) is 3. The molecule has 2 saturated heterocycles. The quantitative estimate of drug-likeness (QED) is 0.844. The molecule has 2 rings (SSSR count). The standard InChI is InChI=1S/C17H35N3/c1-14-11-17(12-18,13-19(14)5)20-9-6-7-15(8-10-20)16(2,3)4/h14-15H,6-13,18H2,1-5H3. The molecular formula is C17H35N3. The Labute approximate surface area is 125 Å². The third-order valence-corrected chi connectivity index (χ3v) is 5.98. The highest BCUT2D eigenvalue weighted by Crippen LogP contribution is 2.38. The van der Waals surface area contributed by atoms with Crippen LogP contribution in [0.4, 0.5) is 0 Å². The number of likely N-dealkylation sites (N-methyl/N-ethyl adjacent to an activating group) is 1. The summed E-state index contributed by atoms with van der Waals surface area (Å²) in [6.45, 7) is 14.0. The zero-order chi connectivity index (χ0) is 15.0. The highest BCUT2D eigenvalue weighted by atomic mass is 15.3. The van der Waals surface area contributed by atoms with Crippen molar-refractivity contribution in [2.24, 2.45) is 17.1 Å². The number of nitrogens with two attached hydrogens (primary N) is 1. The fourth-order valence-corrected chi connectivity index (χ4v) is 4.33. The van der Waals surface area contributed by atoms with Gasteiger partial charge in [-0.05, 0) is 64.1 Å². The van der Waals surface area contributed by atoms with Gasteiger partial charge in [0, 0.05) is 24.7 Å². The molecule has 20 heavy (non-hydrogen) atoms. The van der Waals surface area contributed by atoms with Crippen LogP contribution in [0.1, 0.15) is 53.4 Å². The van der Waals surface area contributed by atoms with Crippen LogP contribution in [0.3, 0.4) is 0 Å². The fraction of sp³-hybridized carbons (Fsp3) is 1.00. The number of likely N-dealkylation sites (tertiary alicyclic amines) is 2. The van der Waals surface area contributed by atoms with Crippen LogP contribution in [0.5, 0.6) is 0 Å². The number of hydrogen-bond donors (Lipinski definition) is 1. The lowest BCUT2D eigenvalue weighted by Crippen LogP contribution is -2.55. The Balaban J connectivity index is 2.06. The minimum Gasteiger partial charge on any atom is -0.329 e. The van der Waals surface area contributed by atoms with Gasteiger partial charge in [-0.2, -0.15) is 0 Å². The van der Waals surface area contributed by atoms with Gasteiger partial charge in [0.1, 0.15) is 0 Å². The predicted octanol–water partition coefficient (Wildman–Crippen LogP) is 2.56. The Morgan fingerprint density at radius 2 is 1.90 bits per heavy atom. The summed E-state index contributed by atoms with van der Waals surface area (Å²) in [5, 5.41) is 0. The van der Waals surface area contributed by atoms with E-state index in [1.807, 2.05) is 0 Å². The first-order valence-corrected chi connectivity index (χ1v) is 8.44. The van der Waals surface area contributed by atoms with Crippen LogP contribution in [0.25, 0.3) is 0 Å². The van der Waals surface area contributed by atoms with Crippen LogP contribution in [0, 0.1) is 11.3 Å². The summed E-state index contributed by atoms with van der Waals surface area (Å²) >= 11 is 0. The summed E-state index contributed by atoms with van der Waals surface area (Å²) in [7, 11) is 2.25. The SMILES string of the molecule is CC1CC(CN)(N2CCCC(C(C)(C)C)CC2)CN1C. The van der Waals surface area contributed by atoms with Gasteiger partial charge in [0.05, 0.1) is 0 Å². The van der Waals surface area contributed by atoms with Crippen LogP contribution in [0.2, 0.25) is 0 Å². The van der Waals surface area contributed by atoms with Crippen molar-refractivity contribution in [1.29, 1.82) is 0 Å². The topological polar surface area (TPSA) is 32.5 Å². The molecule has 3 nitrogen and oxygen atoms in total. The van der Waals surface area contributed by atoms with Crippen molar-refractivity contribution in [3.8, 4) is 0 Å². The van der Waals surface area contributed by atoms with E-state index in [1.165, 1.54) is 38.8 Å². The lowest BCUT2D eigenvalue weighted by atomic mass is 9.76. The van der Waals surface area contributed by atoms with E-state index >= 15 is 0 Å². The molecule has 3 heteroatoms. The van der Waals surface area contributed by atoms with Gasteiger partial charge in [-0.1, -0.05) is 20.8 Å². The lowest BCUT2D eigenvalue weighted by Gasteiger charge is -2.40. The largest absolute Gasteiger partial charge is 0.329 e. The maximum Gasteiger partial charge on any atom is 0.0473 e. The minimum absolute atomic E-state index is 0.237. The Morgan fingerprint density at radius 3 is 2.40 bits per heavy atom. The second-order valence-corrected chi connectivity index (χ2v) is 8.38. The zero-order valence-electron chi connectivity index (χ0n) is 14.3. The van der Waals surface area contributed by atoms with Gasteiger partial charge < -0.3 is 10.6 Å². The van der Waals surface area contributed by atoms with Crippen molar-refractivity contribution in [3.63, 3.8) is 0 Å². The van der Waals surface area contributed by atoms with E-state index in [-0.39, 0.29) is 5.54 Å². The smallest absolute Gasteiger partial charge is 0.0473 e.